The summed E-state index contributed by atoms with van der Waals surface area (Å²) in [4.78, 5) is 14.3. The summed E-state index contributed by atoms with van der Waals surface area (Å²) in [6.07, 6.45) is 5.08. The maximum absolute atomic E-state index is 9.90. The summed E-state index contributed by atoms with van der Waals surface area (Å²) >= 11 is 0. The monoisotopic (exact) mass is 933 g/mol. The number of nitrogens with zero attached hydrogens (tertiary/aromatic N) is 4. The second-order valence-electron chi connectivity index (χ2n) is 16.6. The van der Waals surface area contributed by atoms with Gasteiger partial charge in [0.05, 0.1) is 19.4 Å². The van der Waals surface area contributed by atoms with E-state index < -0.39 is 8.07 Å². The molecule has 1 atom stereocenters. The summed E-state index contributed by atoms with van der Waals surface area (Å²) < 4.78 is 6.42. The van der Waals surface area contributed by atoms with Crippen LogP contribution in [0.15, 0.2) is 89.6 Å². The molecule has 7 heteroatoms. The maximum Gasteiger partial charge on any atom is 0.217 e. The first kappa shape index (κ1) is 42.4. The molecule has 0 bridgehead atoms. The summed E-state index contributed by atoms with van der Waals surface area (Å²) in [5.41, 5.74) is 13.4. The first-order valence-corrected chi connectivity index (χ1v) is 22.9. The predicted octanol–water partition coefficient (Wildman–Crippen LogP) is 12.4. The molecule has 0 amide bonds. The summed E-state index contributed by atoms with van der Waals surface area (Å²) in [6, 6.07) is 33.5. The van der Waals surface area contributed by atoms with Crippen molar-refractivity contribution >= 4 is 35.3 Å². The zero-order valence-corrected chi connectivity index (χ0v) is 37.9. The van der Waals surface area contributed by atoms with E-state index in [2.05, 4.69) is 158 Å². The van der Waals surface area contributed by atoms with Gasteiger partial charge >= 0.3 is 0 Å². The Hall–Kier alpha value is -4.73. The second-order valence-corrected chi connectivity index (χ2v) is 21.7. The van der Waals surface area contributed by atoms with E-state index in [0.717, 1.165) is 56.5 Å². The fraction of sp³-hybridized carbons (Fsp3) is 0.306. The SMILES string of the molecule is CC(C)Cc1cc(-c2[c-]cccc2)ncc1[Si](C)(C)C.Cc1cccc(C)c1-c1cc(C)c2c(n1)oc1c(-c3cc(C(C)C(C)C)ccn3)[c-]cc(C#N)c12.[Ir]. The van der Waals surface area contributed by atoms with Crippen LogP contribution in [0, 0.1) is 56.1 Å². The molecule has 0 aliphatic heterocycles. The largest absolute Gasteiger partial charge is 0.486 e. The molecule has 0 N–H and O–H groups in total. The third-order valence-corrected chi connectivity index (χ3v) is 12.6. The molecule has 0 aliphatic carbocycles. The van der Waals surface area contributed by atoms with Crippen LogP contribution in [0.1, 0.15) is 73.9 Å². The molecule has 0 aliphatic rings. The van der Waals surface area contributed by atoms with Crippen molar-refractivity contribution in [1.29, 1.82) is 5.26 Å². The topological polar surface area (TPSA) is 75.6 Å². The van der Waals surface area contributed by atoms with Gasteiger partial charge in [-0.05, 0) is 101 Å². The molecule has 4 heterocycles. The van der Waals surface area contributed by atoms with E-state index in [1.54, 1.807) is 6.07 Å². The minimum Gasteiger partial charge on any atom is -0.486 e. The molecular formula is C49H52IrN4OSi-2. The number of hydrogen-bond donors (Lipinski definition) is 0. The number of pyridine rings is 3. The van der Waals surface area contributed by atoms with E-state index in [9.17, 15) is 5.26 Å². The van der Waals surface area contributed by atoms with Crippen LogP contribution >= 0.6 is 0 Å². The number of benzene rings is 3. The molecule has 0 saturated heterocycles. The van der Waals surface area contributed by atoms with Gasteiger partial charge in [0.2, 0.25) is 5.71 Å². The third kappa shape index (κ3) is 8.95. The second kappa shape index (κ2) is 17.6. The molecule has 1 unspecified atom stereocenters. The van der Waals surface area contributed by atoms with Crippen LogP contribution in [0.25, 0.3) is 55.8 Å². The van der Waals surface area contributed by atoms with Gasteiger partial charge in [0.1, 0.15) is 0 Å². The fourth-order valence-corrected chi connectivity index (χ4v) is 8.94. The molecule has 5 nitrogen and oxygen atoms in total. The Bertz CT molecular complexity index is 2510. The number of hydrogen-bond acceptors (Lipinski definition) is 5. The average molecular weight is 933 g/mol. The Kier molecular flexibility index (Phi) is 13.3. The van der Waals surface area contributed by atoms with Crippen LogP contribution in [0.2, 0.25) is 19.6 Å². The van der Waals surface area contributed by atoms with Gasteiger partial charge in [-0.15, -0.1) is 48.0 Å². The quantitative estimate of drug-likeness (QED) is 0.112. The van der Waals surface area contributed by atoms with Crippen LogP contribution in [0.4, 0.5) is 0 Å². The molecular weight excluding hydrogens is 881 g/mol. The van der Waals surface area contributed by atoms with Crippen molar-refractivity contribution in [1.82, 2.24) is 15.0 Å². The molecule has 0 spiro atoms. The van der Waals surface area contributed by atoms with Gasteiger partial charge in [-0.2, -0.15) is 0 Å². The Balaban J connectivity index is 0.000000244. The molecule has 0 fully saturated rings. The van der Waals surface area contributed by atoms with Crippen molar-refractivity contribution in [3.63, 3.8) is 0 Å². The van der Waals surface area contributed by atoms with Crippen molar-refractivity contribution in [2.75, 3.05) is 0 Å². The van der Waals surface area contributed by atoms with Gasteiger partial charge in [-0.3, -0.25) is 0 Å². The summed E-state index contributed by atoms with van der Waals surface area (Å²) in [7, 11) is -1.34. The zero-order chi connectivity index (χ0) is 39.6. The smallest absolute Gasteiger partial charge is 0.217 e. The summed E-state index contributed by atoms with van der Waals surface area (Å²) in [6.45, 7) is 24.6. The number of fused-ring (bicyclic) bond motifs is 3. The van der Waals surface area contributed by atoms with Gasteiger partial charge in [0, 0.05) is 49.5 Å². The maximum atomic E-state index is 9.90. The standard InChI is InChI=1S/C31H28N3O.C18H24NSi.Ir/c1-17(2)21(6)22-12-13-33-25(15-22)24-11-10-23(16-32)29-28-20(5)14-26(34-31(28)35-30(24)29)27-18(3)8-7-9-19(27)4;1-14(2)11-16-12-17(15-9-7-6-8-10-15)19-13-18(16)20(3,4)5;/h7-10,12-15,17,21H,1-6H3;6-9,12-14H,11H2,1-5H3;/q2*-1;. The molecule has 1 radical (unpaired) electrons. The molecule has 4 aromatic heterocycles. The van der Waals surface area contributed by atoms with Gasteiger partial charge in [0.25, 0.3) is 0 Å². The van der Waals surface area contributed by atoms with Crippen molar-refractivity contribution in [3.8, 4) is 39.8 Å². The average Bonchev–Trinajstić information content (AvgIpc) is 3.54. The number of nitriles is 1. The van der Waals surface area contributed by atoms with Crippen LogP contribution in [-0.2, 0) is 26.5 Å². The molecule has 7 aromatic rings. The van der Waals surface area contributed by atoms with Crippen LogP contribution in [0.5, 0.6) is 0 Å². The van der Waals surface area contributed by atoms with Gasteiger partial charge in [0.15, 0.2) is 0 Å². The predicted molar refractivity (Wildman–Crippen MR) is 231 cm³/mol. The number of aromatic nitrogens is 3. The van der Waals surface area contributed by atoms with Gasteiger partial charge < -0.3 is 14.4 Å². The fourth-order valence-electron chi connectivity index (χ4n) is 7.36. The van der Waals surface area contributed by atoms with Crippen LogP contribution < -0.4 is 5.19 Å². The van der Waals surface area contributed by atoms with Gasteiger partial charge in [-0.25, -0.2) is 10.2 Å². The van der Waals surface area contributed by atoms with E-state index in [1.165, 1.54) is 27.4 Å². The van der Waals surface area contributed by atoms with Crippen LogP contribution in [0.3, 0.4) is 0 Å². The van der Waals surface area contributed by atoms with E-state index in [0.29, 0.717) is 34.6 Å². The Morgan fingerprint density at radius 2 is 1.54 bits per heavy atom. The van der Waals surface area contributed by atoms with E-state index in [-0.39, 0.29) is 20.1 Å². The third-order valence-electron chi connectivity index (χ3n) is 10.6. The van der Waals surface area contributed by atoms with E-state index in [4.69, 9.17) is 9.40 Å². The van der Waals surface area contributed by atoms with E-state index in [1.807, 2.05) is 24.4 Å². The molecule has 0 saturated carbocycles. The van der Waals surface area contributed by atoms with E-state index >= 15 is 0 Å². The van der Waals surface area contributed by atoms with Crippen LogP contribution in [-0.4, -0.2) is 23.0 Å². The minimum atomic E-state index is -1.34. The molecule has 56 heavy (non-hydrogen) atoms. The number of aryl methyl sites for hydroxylation is 3. The molecule has 289 valence electrons. The zero-order valence-electron chi connectivity index (χ0n) is 34.6. The Morgan fingerprint density at radius 1 is 0.804 bits per heavy atom. The van der Waals surface area contributed by atoms with Crippen molar-refractivity contribution in [2.45, 2.75) is 87.4 Å². The van der Waals surface area contributed by atoms with Gasteiger partial charge in [-0.1, -0.05) is 101 Å². The molecule has 3 aromatic carbocycles. The van der Waals surface area contributed by atoms with Crippen molar-refractivity contribution < 1.29 is 24.5 Å². The molecule has 7 rings (SSSR count). The summed E-state index contributed by atoms with van der Waals surface area (Å²) in [5, 5.41) is 13.0. The first-order valence-electron chi connectivity index (χ1n) is 19.4. The minimum absolute atomic E-state index is 0. The van der Waals surface area contributed by atoms with Crippen molar-refractivity contribution in [2.24, 2.45) is 11.8 Å². The first-order chi connectivity index (χ1) is 26.2. The Morgan fingerprint density at radius 3 is 2.16 bits per heavy atom. The number of furan rings is 1. The Labute approximate surface area is 348 Å². The number of rotatable bonds is 8. The van der Waals surface area contributed by atoms with Crippen molar-refractivity contribution in [3.05, 3.63) is 131 Å². The summed E-state index contributed by atoms with van der Waals surface area (Å²) in [5.74, 6) is 1.57. The normalized spacial score (nSPS) is 12.0.